The van der Waals surface area contributed by atoms with Gasteiger partial charge in [-0.25, -0.2) is 4.98 Å². The van der Waals surface area contributed by atoms with Crippen LogP contribution < -0.4 is 20.5 Å². The summed E-state index contributed by atoms with van der Waals surface area (Å²) in [5.41, 5.74) is 11.4. The highest BCUT2D eigenvalue weighted by Crippen LogP contribution is 2.42. The SMILES string of the molecule is COc1ccc(-c2cc(-c3cccc4ccccc34)nc3sc(C(=O)Nc4c[n+](-c5ccccc5)no4)c(N)c23)cc1. The molecule has 0 saturated carbocycles. The quantitative estimate of drug-likeness (QED) is 0.211. The van der Waals surface area contributed by atoms with Crippen molar-refractivity contribution in [2.24, 2.45) is 0 Å². The molecule has 0 fully saturated rings. The summed E-state index contributed by atoms with van der Waals surface area (Å²) in [5.74, 6) is 0.538. The second-order valence-electron chi connectivity index (χ2n) is 9.64. The van der Waals surface area contributed by atoms with Gasteiger partial charge in [0.25, 0.3) is 12.1 Å². The van der Waals surface area contributed by atoms with Gasteiger partial charge in [0.1, 0.15) is 15.5 Å². The number of amides is 1. The Bertz CT molecular complexity index is 2080. The van der Waals surface area contributed by atoms with E-state index >= 15 is 0 Å². The number of aromatic nitrogens is 3. The molecular formula is C33H24N5O3S+. The minimum atomic E-state index is -0.403. The number of nitrogen functional groups attached to an aromatic ring is 1. The second kappa shape index (κ2) is 10.5. The van der Waals surface area contributed by atoms with E-state index in [1.807, 2.05) is 78.9 Å². The van der Waals surface area contributed by atoms with Crippen LogP contribution >= 0.6 is 11.3 Å². The highest BCUT2D eigenvalue weighted by atomic mass is 32.1. The number of thiophene rings is 1. The fourth-order valence-electron chi connectivity index (χ4n) is 5.05. The minimum Gasteiger partial charge on any atom is -0.497 e. The largest absolute Gasteiger partial charge is 0.497 e. The molecular weight excluding hydrogens is 546 g/mol. The Balaban J connectivity index is 1.34. The summed E-state index contributed by atoms with van der Waals surface area (Å²) in [6, 6.07) is 33.7. The molecule has 0 radical (unpaired) electrons. The molecule has 204 valence electrons. The molecule has 0 unspecified atom stereocenters. The van der Waals surface area contributed by atoms with Crippen molar-refractivity contribution in [3.8, 4) is 33.8 Å². The number of carbonyl (C=O) groups excluding carboxylic acids is 1. The molecule has 0 aliphatic rings. The van der Waals surface area contributed by atoms with Crippen LogP contribution in [0.2, 0.25) is 0 Å². The van der Waals surface area contributed by atoms with Crippen LogP contribution in [0, 0.1) is 0 Å². The number of benzene rings is 4. The van der Waals surface area contributed by atoms with Gasteiger partial charge >= 0.3 is 5.88 Å². The number of hydrogen-bond donors (Lipinski definition) is 2. The van der Waals surface area contributed by atoms with E-state index in [-0.39, 0.29) is 5.88 Å². The van der Waals surface area contributed by atoms with E-state index in [4.69, 9.17) is 20.0 Å². The van der Waals surface area contributed by atoms with Crippen molar-refractivity contribution in [3.05, 3.63) is 114 Å². The van der Waals surface area contributed by atoms with Crippen LogP contribution in [0.15, 0.2) is 114 Å². The van der Waals surface area contributed by atoms with Crippen LogP contribution in [0.3, 0.4) is 0 Å². The van der Waals surface area contributed by atoms with Crippen LogP contribution in [-0.4, -0.2) is 23.3 Å². The van der Waals surface area contributed by atoms with Gasteiger partial charge in [-0.2, -0.15) is 0 Å². The summed E-state index contributed by atoms with van der Waals surface area (Å²) in [4.78, 5) is 19.5. The highest BCUT2D eigenvalue weighted by molar-refractivity contribution is 7.21. The molecule has 8 nitrogen and oxygen atoms in total. The van der Waals surface area contributed by atoms with Crippen LogP contribution in [0.25, 0.3) is 49.1 Å². The molecule has 3 heterocycles. The number of rotatable bonds is 6. The molecule has 0 aliphatic carbocycles. The molecule has 42 heavy (non-hydrogen) atoms. The lowest BCUT2D eigenvalue weighted by Crippen LogP contribution is -2.31. The van der Waals surface area contributed by atoms with E-state index in [0.717, 1.165) is 50.0 Å². The number of para-hydroxylation sites is 1. The van der Waals surface area contributed by atoms with Crippen molar-refractivity contribution in [2.75, 3.05) is 18.2 Å². The van der Waals surface area contributed by atoms with Crippen molar-refractivity contribution in [1.29, 1.82) is 0 Å². The van der Waals surface area contributed by atoms with Gasteiger partial charge in [0, 0.05) is 23.1 Å². The molecule has 0 bridgehead atoms. The van der Waals surface area contributed by atoms with Gasteiger partial charge in [-0.3, -0.25) is 14.6 Å². The summed E-state index contributed by atoms with van der Waals surface area (Å²) in [6.07, 6.45) is 1.61. The Morgan fingerprint density at radius 2 is 1.69 bits per heavy atom. The average molecular weight is 571 g/mol. The summed E-state index contributed by atoms with van der Waals surface area (Å²) in [6.45, 7) is 0. The van der Waals surface area contributed by atoms with Gasteiger partial charge in [0.15, 0.2) is 0 Å². The van der Waals surface area contributed by atoms with Crippen molar-refractivity contribution in [1.82, 2.24) is 10.3 Å². The van der Waals surface area contributed by atoms with Crippen molar-refractivity contribution in [2.45, 2.75) is 0 Å². The number of nitrogens with zero attached hydrogens (tertiary/aromatic N) is 3. The first kappa shape index (κ1) is 25.4. The van der Waals surface area contributed by atoms with E-state index in [1.54, 1.807) is 18.0 Å². The van der Waals surface area contributed by atoms with Gasteiger partial charge in [0.2, 0.25) is 11.0 Å². The van der Waals surface area contributed by atoms with Gasteiger partial charge in [-0.15, -0.1) is 11.3 Å². The maximum atomic E-state index is 13.5. The van der Waals surface area contributed by atoms with Gasteiger partial charge in [-0.1, -0.05) is 72.8 Å². The Hall–Kier alpha value is -5.54. The number of anilines is 2. The third-order valence-corrected chi connectivity index (χ3v) is 8.19. The zero-order valence-electron chi connectivity index (χ0n) is 22.4. The first-order valence-corrected chi connectivity index (χ1v) is 14.0. The Morgan fingerprint density at radius 1 is 0.929 bits per heavy atom. The van der Waals surface area contributed by atoms with Crippen LogP contribution in [0.5, 0.6) is 5.75 Å². The summed E-state index contributed by atoms with van der Waals surface area (Å²) >= 11 is 1.24. The average Bonchev–Trinajstić information content (AvgIpc) is 3.65. The molecule has 1 amide bonds. The fraction of sp³-hybridized carbons (Fsp3) is 0.0303. The third-order valence-electron chi connectivity index (χ3n) is 7.10. The smallest absolute Gasteiger partial charge is 0.303 e. The number of methoxy groups -OCH3 is 1. The number of carbonyl (C=O) groups is 1. The molecule has 4 aromatic carbocycles. The molecule has 9 heteroatoms. The van der Waals surface area contributed by atoms with E-state index in [1.165, 1.54) is 11.3 Å². The lowest BCUT2D eigenvalue weighted by Gasteiger charge is -2.11. The highest BCUT2D eigenvalue weighted by Gasteiger charge is 2.24. The standard InChI is InChI=1S/C33H23N5O3S/c1-40-23-16-14-21(15-17-23)26-18-27(25-13-7-9-20-8-5-6-12-24(20)25)35-33-29(26)30(34)31(42-33)32(39)36-28-19-38(37-41-28)22-10-3-2-4-11-22/h2-19H,1H3,(H2-,34,36,37,39)/p+1. The van der Waals surface area contributed by atoms with Crippen LogP contribution in [0.1, 0.15) is 9.67 Å². The summed E-state index contributed by atoms with van der Waals surface area (Å²) < 4.78 is 12.3. The Labute approximate surface area is 244 Å². The third kappa shape index (κ3) is 4.51. The normalized spacial score (nSPS) is 11.2. The Morgan fingerprint density at radius 3 is 2.50 bits per heavy atom. The lowest BCUT2D eigenvalue weighted by atomic mass is 9.97. The molecule has 3 aromatic heterocycles. The zero-order chi connectivity index (χ0) is 28.6. The van der Waals surface area contributed by atoms with E-state index in [9.17, 15) is 4.79 Å². The van der Waals surface area contributed by atoms with E-state index < -0.39 is 5.91 Å². The number of pyridine rings is 1. The molecule has 0 aliphatic heterocycles. The fourth-order valence-corrected chi connectivity index (χ4v) is 6.06. The lowest BCUT2D eigenvalue weighted by molar-refractivity contribution is -0.670. The Kier molecular flexibility index (Phi) is 6.33. The molecule has 7 aromatic rings. The van der Waals surface area contributed by atoms with Crippen LogP contribution in [-0.2, 0) is 0 Å². The maximum Gasteiger partial charge on any atom is 0.303 e. The molecule has 0 spiro atoms. The number of ether oxygens (including phenoxy) is 1. The first-order chi connectivity index (χ1) is 20.6. The predicted molar refractivity (Wildman–Crippen MR) is 165 cm³/mol. The van der Waals surface area contributed by atoms with Crippen molar-refractivity contribution in [3.63, 3.8) is 0 Å². The van der Waals surface area contributed by atoms with Gasteiger partial charge in [0.05, 0.1) is 18.5 Å². The first-order valence-electron chi connectivity index (χ1n) is 13.2. The monoisotopic (exact) mass is 570 g/mol. The predicted octanol–water partition coefficient (Wildman–Crippen LogP) is 6.89. The van der Waals surface area contributed by atoms with Gasteiger partial charge < -0.3 is 10.5 Å². The maximum absolute atomic E-state index is 13.5. The molecule has 7 rings (SSSR count). The number of nitrogens with one attached hydrogen (secondary N) is 1. The zero-order valence-corrected chi connectivity index (χ0v) is 23.3. The van der Waals surface area contributed by atoms with Crippen LogP contribution in [0.4, 0.5) is 11.6 Å². The van der Waals surface area contributed by atoms with E-state index in [2.05, 4.69) is 34.9 Å². The number of fused-ring (bicyclic) bond motifs is 2. The summed E-state index contributed by atoms with van der Waals surface area (Å²) in [5, 5.41) is 9.73. The number of hydrogen-bond acceptors (Lipinski definition) is 7. The molecule has 3 N–H and O–H groups in total. The van der Waals surface area contributed by atoms with Gasteiger partial charge in [-0.05, 0) is 44.8 Å². The van der Waals surface area contributed by atoms with Crippen molar-refractivity contribution >= 4 is 49.8 Å². The molecule has 0 saturated heterocycles. The van der Waals surface area contributed by atoms with E-state index in [0.29, 0.717) is 15.4 Å². The molecule has 0 atom stereocenters. The van der Waals surface area contributed by atoms with Crippen molar-refractivity contribution < 1.29 is 18.7 Å². The summed E-state index contributed by atoms with van der Waals surface area (Å²) in [7, 11) is 1.63. The second-order valence-corrected chi connectivity index (χ2v) is 10.6. The number of nitrogens with two attached hydrogens (primary N) is 1. The topological polar surface area (TPSA) is 107 Å². The minimum absolute atomic E-state index is 0.195.